The number of nitrogens with zero attached hydrogens (tertiary/aromatic N) is 3. The summed E-state index contributed by atoms with van der Waals surface area (Å²) in [5, 5.41) is 2.62. The smallest absolute Gasteiger partial charge is 0.251 e. The Morgan fingerprint density at radius 3 is 2.10 bits per heavy atom. The third-order valence-corrected chi connectivity index (χ3v) is 6.88. The molecule has 8 nitrogen and oxygen atoms in total. The van der Waals surface area contributed by atoms with E-state index in [0.717, 1.165) is 23.1 Å². The summed E-state index contributed by atoms with van der Waals surface area (Å²) < 4.78 is 25.3. The Kier molecular flexibility index (Phi) is 6.73. The highest BCUT2D eigenvalue weighted by Crippen LogP contribution is 2.16. The summed E-state index contributed by atoms with van der Waals surface area (Å²) in [5.74, 6) is -0.553. The summed E-state index contributed by atoms with van der Waals surface area (Å²) in [4.78, 5) is 28.8. The molecule has 1 N–H and O–H groups in total. The summed E-state index contributed by atoms with van der Waals surface area (Å²) in [7, 11) is -0.656. The molecule has 9 heteroatoms. The minimum Gasteiger partial charge on any atom is -0.368 e. The van der Waals surface area contributed by atoms with Crippen LogP contribution < -0.4 is 10.2 Å². The van der Waals surface area contributed by atoms with Gasteiger partial charge in [0.15, 0.2) is 0 Å². The fraction of sp³-hybridized carbons (Fsp3) is 0.333. The fourth-order valence-electron chi connectivity index (χ4n) is 3.21. The number of benzene rings is 2. The van der Waals surface area contributed by atoms with Gasteiger partial charge in [0.2, 0.25) is 15.9 Å². The molecule has 30 heavy (non-hydrogen) atoms. The number of rotatable bonds is 6. The number of hydrogen-bond donors (Lipinski definition) is 1. The van der Waals surface area contributed by atoms with E-state index in [1.165, 1.54) is 38.4 Å². The van der Waals surface area contributed by atoms with Crippen molar-refractivity contribution >= 4 is 27.5 Å². The molecule has 0 saturated carbocycles. The SMILES string of the molecule is CN(C)S(=O)(=O)c1ccc(C(=O)NCC(=O)N2CCN(c3ccccc3)CC2)cc1. The molecule has 160 valence electrons. The van der Waals surface area contributed by atoms with Gasteiger partial charge < -0.3 is 15.1 Å². The van der Waals surface area contributed by atoms with Crippen LogP contribution in [-0.4, -0.2) is 76.3 Å². The third kappa shape index (κ3) is 4.98. The largest absolute Gasteiger partial charge is 0.368 e. The highest BCUT2D eigenvalue weighted by Gasteiger charge is 2.22. The number of anilines is 1. The molecular weight excluding hydrogens is 404 g/mol. The highest BCUT2D eigenvalue weighted by atomic mass is 32.2. The van der Waals surface area contributed by atoms with Crippen molar-refractivity contribution in [2.75, 3.05) is 51.7 Å². The molecule has 0 atom stereocenters. The van der Waals surface area contributed by atoms with E-state index < -0.39 is 15.9 Å². The van der Waals surface area contributed by atoms with Crippen molar-refractivity contribution in [3.63, 3.8) is 0 Å². The van der Waals surface area contributed by atoms with E-state index in [1.54, 1.807) is 4.90 Å². The maximum atomic E-state index is 12.4. The Hall–Kier alpha value is -2.91. The molecule has 0 radical (unpaired) electrons. The van der Waals surface area contributed by atoms with Crippen LogP contribution in [0.15, 0.2) is 59.5 Å². The lowest BCUT2D eigenvalue weighted by molar-refractivity contribution is -0.130. The van der Waals surface area contributed by atoms with E-state index in [1.807, 2.05) is 30.3 Å². The first-order valence-electron chi connectivity index (χ1n) is 9.67. The molecule has 0 aromatic heterocycles. The summed E-state index contributed by atoms with van der Waals surface area (Å²) in [6.07, 6.45) is 0. The van der Waals surface area contributed by atoms with E-state index in [2.05, 4.69) is 10.2 Å². The molecule has 1 aliphatic heterocycles. The highest BCUT2D eigenvalue weighted by molar-refractivity contribution is 7.89. The number of carbonyl (C=O) groups excluding carboxylic acids is 2. The third-order valence-electron chi connectivity index (χ3n) is 5.05. The number of nitrogens with one attached hydrogen (secondary N) is 1. The van der Waals surface area contributed by atoms with Crippen molar-refractivity contribution in [2.24, 2.45) is 0 Å². The van der Waals surface area contributed by atoms with Gasteiger partial charge in [-0.05, 0) is 36.4 Å². The minimum atomic E-state index is -3.55. The Bertz CT molecular complexity index is 983. The van der Waals surface area contributed by atoms with Gasteiger partial charge in [-0.2, -0.15) is 0 Å². The second-order valence-electron chi connectivity index (χ2n) is 7.20. The molecule has 2 aromatic carbocycles. The standard InChI is InChI=1S/C21H26N4O4S/c1-23(2)30(28,29)19-10-8-17(9-11-19)21(27)22-16-20(26)25-14-12-24(13-15-25)18-6-4-3-5-7-18/h3-11H,12-16H2,1-2H3,(H,22,27). The van der Waals surface area contributed by atoms with Crippen LogP contribution in [0.3, 0.4) is 0 Å². The molecule has 2 aromatic rings. The molecule has 0 spiro atoms. The topological polar surface area (TPSA) is 90.0 Å². The van der Waals surface area contributed by atoms with Gasteiger partial charge in [-0.1, -0.05) is 18.2 Å². The predicted molar refractivity (Wildman–Crippen MR) is 115 cm³/mol. The van der Waals surface area contributed by atoms with E-state index in [9.17, 15) is 18.0 Å². The molecule has 3 rings (SSSR count). The molecule has 0 aliphatic carbocycles. The van der Waals surface area contributed by atoms with Crippen LogP contribution in [0.1, 0.15) is 10.4 Å². The van der Waals surface area contributed by atoms with Crippen molar-refractivity contribution < 1.29 is 18.0 Å². The monoisotopic (exact) mass is 430 g/mol. The lowest BCUT2D eigenvalue weighted by atomic mass is 10.2. The predicted octanol–water partition coefficient (Wildman–Crippen LogP) is 1.02. The summed E-state index contributed by atoms with van der Waals surface area (Å²) >= 11 is 0. The maximum Gasteiger partial charge on any atom is 0.251 e. The molecule has 1 saturated heterocycles. The average Bonchev–Trinajstić information content (AvgIpc) is 2.78. The molecule has 2 amide bonds. The van der Waals surface area contributed by atoms with E-state index in [-0.39, 0.29) is 17.3 Å². The van der Waals surface area contributed by atoms with Gasteiger partial charge in [0.05, 0.1) is 11.4 Å². The lowest BCUT2D eigenvalue weighted by Gasteiger charge is -2.36. The van der Waals surface area contributed by atoms with Gasteiger partial charge in [-0.25, -0.2) is 12.7 Å². The van der Waals surface area contributed by atoms with Crippen LogP contribution in [0.25, 0.3) is 0 Å². The fourth-order valence-corrected chi connectivity index (χ4v) is 4.11. The first-order valence-corrected chi connectivity index (χ1v) is 11.1. The van der Waals surface area contributed by atoms with Gasteiger partial charge in [0.1, 0.15) is 0 Å². The van der Waals surface area contributed by atoms with Gasteiger partial charge in [-0.15, -0.1) is 0 Å². The maximum absolute atomic E-state index is 12.4. The summed E-state index contributed by atoms with van der Waals surface area (Å²) in [5.41, 5.74) is 1.44. The molecule has 0 unspecified atom stereocenters. The minimum absolute atomic E-state index is 0.0953. The number of amides is 2. The zero-order chi connectivity index (χ0) is 21.7. The number of sulfonamides is 1. The van der Waals surface area contributed by atoms with E-state index in [4.69, 9.17) is 0 Å². The first-order chi connectivity index (χ1) is 14.3. The van der Waals surface area contributed by atoms with Crippen LogP contribution in [0.2, 0.25) is 0 Å². The lowest BCUT2D eigenvalue weighted by Crippen LogP contribution is -2.51. The van der Waals surface area contributed by atoms with Crippen LogP contribution in [0.4, 0.5) is 5.69 Å². The van der Waals surface area contributed by atoms with Crippen molar-refractivity contribution in [1.29, 1.82) is 0 Å². The first kappa shape index (κ1) is 21.8. The second kappa shape index (κ2) is 9.27. The van der Waals surface area contributed by atoms with Crippen LogP contribution >= 0.6 is 0 Å². The van der Waals surface area contributed by atoms with Crippen molar-refractivity contribution in [2.45, 2.75) is 4.90 Å². The summed E-state index contributed by atoms with van der Waals surface area (Å²) in [6, 6.07) is 15.7. The number of carbonyl (C=O) groups is 2. The van der Waals surface area contributed by atoms with Gasteiger partial charge >= 0.3 is 0 Å². The van der Waals surface area contributed by atoms with Crippen LogP contribution in [0.5, 0.6) is 0 Å². The Labute approximate surface area is 177 Å². The van der Waals surface area contributed by atoms with Crippen molar-refractivity contribution in [3.8, 4) is 0 Å². The number of hydrogen-bond acceptors (Lipinski definition) is 5. The zero-order valence-electron chi connectivity index (χ0n) is 17.1. The average molecular weight is 431 g/mol. The number of piperazine rings is 1. The quantitative estimate of drug-likeness (QED) is 0.739. The summed E-state index contributed by atoms with van der Waals surface area (Å²) in [6.45, 7) is 2.58. The molecule has 1 heterocycles. The Morgan fingerprint density at radius 2 is 1.53 bits per heavy atom. The number of para-hydroxylation sites is 1. The van der Waals surface area contributed by atoms with Gasteiger partial charge in [0, 0.05) is 51.5 Å². The van der Waals surface area contributed by atoms with Crippen LogP contribution in [-0.2, 0) is 14.8 Å². The van der Waals surface area contributed by atoms with Gasteiger partial charge in [0.25, 0.3) is 5.91 Å². The molecule has 0 bridgehead atoms. The molecular formula is C21H26N4O4S. The molecule has 1 aliphatic rings. The van der Waals surface area contributed by atoms with Gasteiger partial charge in [-0.3, -0.25) is 9.59 Å². The molecule has 1 fully saturated rings. The van der Waals surface area contributed by atoms with E-state index >= 15 is 0 Å². The zero-order valence-corrected chi connectivity index (χ0v) is 17.9. The van der Waals surface area contributed by atoms with Crippen molar-refractivity contribution in [1.82, 2.24) is 14.5 Å². The normalized spacial score (nSPS) is 14.6. The van der Waals surface area contributed by atoms with E-state index in [0.29, 0.717) is 18.7 Å². The Balaban J connectivity index is 1.50. The van der Waals surface area contributed by atoms with Crippen LogP contribution in [0, 0.1) is 0 Å². The van der Waals surface area contributed by atoms with Crippen molar-refractivity contribution in [3.05, 3.63) is 60.2 Å². The second-order valence-corrected chi connectivity index (χ2v) is 9.35. The Morgan fingerprint density at radius 1 is 0.933 bits per heavy atom.